The number of ether oxygens (including phenoxy) is 2. The highest BCUT2D eigenvalue weighted by atomic mass is 35.5. The number of hydrogen-bond donors (Lipinski definition) is 2. The van der Waals surface area contributed by atoms with Gasteiger partial charge in [0.2, 0.25) is 0 Å². The van der Waals surface area contributed by atoms with E-state index in [1.807, 2.05) is 46.8 Å². The topological polar surface area (TPSA) is 93.1 Å². The van der Waals surface area contributed by atoms with E-state index in [4.69, 9.17) is 32.7 Å². The van der Waals surface area contributed by atoms with Crippen molar-refractivity contribution in [2.75, 3.05) is 6.61 Å². The third-order valence-electron chi connectivity index (χ3n) is 8.19. The van der Waals surface area contributed by atoms with Gasteiger partial charge in [-0.05, 0) is 66.0 Å². The Labute approximate surface area is 247 Å². The van der Waals surface area contributed by atoms with Gasteiger partial charge in [-0.25, -0.2) is 0 Å². The van der Waals surface area contributed by atoms with E-state index in [1.54, 1.807) is 24.3 Å². The van der Waals surface area contributed by atoms with Crippen LogP contribution in [0.25, 0.3) is 0 Å². The van der Waals surface area contributed by atoms with Crippen molar-refractivity contribution in [3.63, 3.8) is 0 Å². The highest BCUT2D eigenvalue weighted by Gasteiger charge is 2.52. The van der Waals surface area contributed by atoms with Gasteiger partial charge in [-0.2, -0.15) is 0 Å². The van der Waals surface area contributed by atoms with Gasteiger partial charge in [0.15, 0.2) is 11.5 Å². The molecule has 5 atom stereocenters. The van der Waals surface area contributed by atoms with E-state index in [0.717, 1.165) is 5.56 Å². The summed E-state index contributed by atoms with van der Waals surface area (Å²) in [6.07, 6.45) is -0.546. The maximum absolute atomic E-state index is 13.6. The molecule has 0 aliphatic heterocycles. The zero-order valence-corrected chi connectivity index (χ0v) is 25.4. The molecule has 0 aromatic heterocycles. The third-order valence-corrected chi connectivity index (χ3v) is 8.72. The van der Waals surface area contributed by atoms with Crippen molar-refractivity contribution in [1.29, 1.82) is 0 Å². The van der Waals surface area contributed by atoms with E-state index in [1.165, 1.54) is 0 Å². The summed E-state index contributed by atoms with van der Waals surface area (Å²) in [6.45, 7) is 10.2. The van der Waals surface area contributed by atoms with Crippen LogP contribution >= 0.6 is 23.2 Å². The van der Waals surface area contributed by atoms with Crippen molar-refractivity contribution in [3.8, 4) is 11.5 Å². The van der Waals surface area contributed by atoms with Crippen LogP contribution in [-0.2, 0) is 16.2 Å². The number of Topliss-reactive ketones (excluding diaryl/α,β-unsaturated/α-hetero) is 2. The van der Waals surface area contributed by atoms with E-state index >= 15 is 0 Å². The summed E-state index contributed by atoms with van der Waals surface area (Å²) in [5.74, 6) is -1.99. The number of hydrogen-bond acceptors (Lipinski definition) is 6. The summed E-state index contributed by atoms with van der Waals surface area (Å²) < 4.78 is 12.0. The summed E-state index contributed by atoms with van der Waals surface area (Å²) in [5, 5.41) is 23.5. The Kier molecular flexibility index (Phi) is 9.26. The van der Waals surface area contributed by atoms with Crippen molar-refractivity contribution in [2.45, 2.75) is 85.0 Å². The SMILES string of the molecule is CCOc1cc(C([C@H]2C(=O)CC(C)(C)C[C@H]2O)[C@@H]2C(=O)CC(C)(C)C[C@@H]2O)cc(Cl)c1OCc1ccc(Cl)cc1. The number of carbonyl (C=O) groups excluding carboxylic acids is 2. The molecule has 0 heterocycles. The fourth-order valence-corrected chi connectivity index (χ4v) is 6.98. The van der Waals surface area contributed by atoms with Gasteiger partial charge in [0.1, 0.15) is 18.2 Å². The second-order valence-electron chi connectivity index (χ2n) is 12.9. The predicted molar refractivity (Wildman–Crippen MR) is 156 cm³/mol. The molecule has 0 bridgehead atoms. The summed E-state index contributed by atoms with van der Waals surface area (Å²) in [7, 11) is 0. The Morgan fingerprint density at radius 3 is 1.88 bits per heavy atom. The van der Waals surface area contributed by atoms with Gasteiger partial charge in [-0.15, -0.1) is 0 Å². The molecule has 6 nitrogen and oxygen atoms in total. The van der Waals surface area contributed by atoms with E-state index in [-0.39, 0.29) is 46.9 Å². The van der Waals surface area contributed by atoms with Gasteiger partial charge in [-0.3, -0.25) is 9.59 Å². The lowest BCUT2D eigenvalue weighted by Crippen LogP contribution is -2.51. The van der Waals surface area contributed by atoms with E-state index in [2.05, 4.69) is 0 Å². The summed E-state index contributed by atoms with van der Waals surface area (Å²) in [4.78, 5) is 27.2. The van der Waals surface area contributed by atoms with Gasteiger partial charge in [0.25, 0.3) is 0 Å². The van der Waals surface area contributed by atoms with E-state index in [0.29, 0.717) is 41.5 Å². The second kappa shape index (κ2) is 12.0. The lowest BCUT2D eigenvalue weighted by atomic mass is 9.58. The van der Waals surface area contributed by atoms with Crippen LogP contribution in [-0.4, -0.2) is 40.6 Å². The van der Waals surface area contributed by atoms with Crippen LogP contribution < -0.4 is 9.47 Å². The lowest BCUT2D eigenvalue weighted by molar-refractivity contribution is -0.144. The molecule has 1 unspecified atom stereocenters. The fraction of sp³-hybridized carbons (Fsp3) is 0.562. The number of benzene rings is 2. The smallest absolute Gasteiger partial charge is 0.180 e. The zero-order chi connectivity index (χ0) is 29.4. The van der Waals surface area contributed by atoms with Crippen LogP contribution in [0, 0.1) is 22.7 Å². The summed E-state index contributed by atoms with van der Waals surface area (Å²) in [6, 6.07) is 10.7. The Bertz CT molecular complexity index is 1200. The van der Waals surface area contributed by atoms with Crippen molar-refractivity contribution in [2.24, 2.45) is 22.7 Å². The molecule has 2 aliphatic rings. The molecule has 4 rings (SSSR count). The minimum absolute atomic E-state index is 0.115. The molecule has 0 amide bonds. The number of ketones is 2. The Morgan fingerprint density at radius 2 is 1.40 bits per heavy atom. The normalized spacial score (nSPS) is 26.8. The summed E-state index contributed by atoms with van der Waals surface area (Å²) >= 11 is 12.8. The van der Waals surface area contributed by atoms with Crippen LogP contribution in [0.2, 0.25) is 10.0 Å². The van der Waals surface area contributed by atoms with E-state index in [9.17, 15) is 19.8 Å². The molecule has 2 aromatic carbocycles. The number of aliphatic hydroxyl groups is 2. The standard InChI is InChI=1S/C32H40Cl2O6/c1-6-39-26-12-19(11-21(34)30(26)40-17-18-7-9-20(33)10-8-18)27(28-22(35)13-31(2,3)14-23(28)36)29-24(37)15-32(4,5)16-25(29)38/h7-12,22,24,27-29,35,37H,6,13-17H2,1-5H3/t22-,24+,27?,28-,29+. The molecule has 2 fully saturated rings. The van der Waals surface area contributed by atoms with Crippen LogP contribution in [0.15, 0.2) is 36.4 Å². The molecule has 0 spiro atoms. The van der Waals surface area contributed by atoms with Crippen molar-refractivity contribution < 1.29 is 29.3 Å². The first-order chi connectivity index (χ1) is 18.7. The molecular weight excluding hydrogens is 551 g/mol. The molecule has 218 valence electrons. The molecule has 40 heavy (non-hydrogen) atoms. The highest BCUT2D eigenvalue weighted by molar-refractivity contribution is 6.32. The van der Waals surface area contributed by atoms with Gasteiger partial charge in [-0.1, -0.05) is 63.0 Å². The quantitative estimate of drug-likeness (QED) is 0.351. The van der Waals surface area contributed by atoms with Crippen LogP contribution in [0.1, 0.15) is 77.3 Å². The number of aliphatic hydroxyl groups excluding tert-OH is 2. The summed E-state index contributed by atoms with van der Waals surface area (Å²) in [5.41, 5.74) is 0.744. The molecule has 0 radical (unpaired) electrons. The third kappa shape index (κ3) is 6.84. The monoisotopic (exact) mass is 590 g/mol. The van der Waals surface area contributed by atoms with Crippen molar-refractivity contribution in [1.82, 2.24) is 0 Å². The van der Waals surface area contributed by atoms with E-state index < -0.39 is 30.0 Å². The molecule has 2 saturated carbocycles. The Balaban J connectivity index is 1.77. The minimum Gasteiger partial charge on any atom is -0.490 e. The average molecular weight is 592 g/mol. The highest BCUT2D eigenvalue weighted by Crippen LogP contribution is 2.51. The number of rotatable bonds is 8. The average Bonchev–Trinajstić information content (AvgIpc) is 2.81. The van der Waals surface area contributed by atoms with Crippen molar-refractivity contribution in [3.05, 3.63) is 57.6 Å². The molecule has 0 saturated heterocycles. The Hall–Kier alpha value is -2.12. The zero-order valence-electron chi connectivity index (χ0n) is 23.9. The largest absolute Gasteiger partial charge is 0.490 e. The first-order valence-corrected chi connectivity index (χ1v) is 14.7. The van der Waals surface area contributed by atoms with Gasteiger partial charge in [0, 0.05) is 23.8 Å². The lowest BCUT2D eigenvalue weighted by Gasteiger charge is -2.46. The Morgan fingerprint density at radius 1 is 0.875 bits per heavy atom. The maximum atomic E-state index is 13.6. The molecule has 8 heteroatoms. The van der Waals surface area contributed by atoms with Gasteiger partial charge in [0.05, 0.1) is 35.7 Å². The fourth-order valence-electron chi connectivity index (χ4n) is 6.58. The molecule has 2 N–H and O–H groups in total. The minimum atomic E-state index is -0.966. The van der Waals surface area contributed by atoms with Crippen LogP contribution in [0.4, 0.5) is 0 Å². The molecule has 2 aliphatic carbocycles. The first-order valence-electron chi connectivity index (χ1n) is 14.0. The predicted octanol–water partition coefficient (Wildman–Crippen LogP) is 6.79. The molecular formula is C32H40Cl2O6. The number of halogens is 2. The maximum Gasteiger partial charge on any atom is 0.180 e. The first kappa shape index (κ1) is 30.8. The van der Waals surface area contributed by atoms with Crippen molar-refractivity contribution >= 4 is 34.8 Å². The van der Waals surface area contributed by atoms with Gasteiger partial charge < -0.3 is 19.7 Å². The van der Waals surface area contributed by atoms with Gasteiger partial charge >= 0.3 is 0 Å². The second-order valence-corrected chi connectivity index (χ2v) is 13.8. The molecule has 2 aromatic rings. The van der Waals surface area contributed by atoms with Crippen LogP contribution in [0.3, 0.4) is 0 Å². The number of carbonyl (C=O) groups is 2. The van der Waals surface area contributed by atoms with Crippen LogP contribution in [0.5, 0.6) is 11.5 Å².